The molecule has 2 aliphatic rings. The van der Waals surface area contributed by atoms with Crippen molar-refractivity contribution < 1.29 is 9.18 Å². The van der Waals surface area contributed by atoms with E-state index < -0.39 is 0 Å². The molecule has 0 radical (unpaired) electrons. The predicted octanol–water partition coefficient (Wildman–Crippen LogP) is 3.26. The molecule has 4 rings (SSSR count). The van der Waals surface area contributed by atoms with E-state index in [-0.39, 0.29) is 17.3 Å². The molecule has 3 N–H and O–H groups in total. The van der Waals surface area contributed by atoms with Crippen molar-refractivity contribution in [3.63, 3.8) is 0 Å². The second-order valence-corrected chi connectivity index (χ2v) is 8.58. The Hall–Kier alpha value is -2.47. The fourth-order valence-electron chi connectivity index (χ4n) is 3.89. The number of nitrogens with two attached hydrogens (primary N) is 1. The SMILES string of the molecule is Cc1cc(F)cc(-c2cncc(C(=O)NCC3CC3)c2N2CC[C@](C)(N)C2)c1. The lowest BCUT2D eigenvalue weighted by Gasteiger charge is -2.26. The number of nitrogens with one attached hydrogen (secondary N) is 1. The molecule has 6 heteroatoms. The molecule has 1 aromatic carbocycles. The van der Waals surface area contributed by atoms with Crippen LogP contribution in [0.4, 0.5) is 10.1 Å². The number of anilines is 1. The topological polar surface area (TPSA) is 71.2 Å². The van der Waals surface area contributed by atoms with Crippen LogP contribution in [0.25, 0.3) is 11.1 Å². The lowest BCUT2D eigenvalue weighted by atomic mass is 9.99. The molecular weight excluding hydrogens is 355 g/mol. The Morgan fingerprint density at radius 2 is 2.14 bits per heavy atom. The van der Waals surface area contributed by atoms with Crippen molar-refractivity contribution in [1.82, 2.24) is 10.3 Å². The van der Waals surface area contributed by atoms with Gasteiger partial charge in [-0.2, -0.15) is 0 Å². The van der Waals surface area contributed by atoms with Crippen molar-refractivity contribution >= 4 is 11.6 Å². The maximum absolute atomic E-state index is 14.1. The molecule has 2 fully saturated rings. The summed E-state index contributed by atoms with van der Waals surface area (Å²) in [6, 6.07) is 4.92. The van der Waals surface area contributed by atoms with Gasteiger partial charge in [-0.25, -0.2) is 4.39 Å². The first kappa shape index (κ1) is 18.9. The number of halogens is 1. The highest BCUT2D eigenvalue weighted by Gasteiger charge is 2.33. The third-order valence-corrected chi connectivity index (χ3v) is 5.58. The molecule has 2 heterocycles. The van der Waals surface area contributed by atoms with Crippen LogP contribution in [0, 0.1) is 18.7 Å². The quantitative estimate of drug-likeness (QED) is 0.833. The van der Waals surface area contributed by atoms with Crippen LogP contribution in [-0.2, 0) is 0 Å². The molecule has 1 aromatic heterocycles. The third-order valence-electron chi connectivity index (χ3n) is 5.58. The number of carbonyl (C=O) groups is 1. The molecule has 148 valence electrons. The Balaban J connectivity index is 1.78. The number of carbonyl (C=O) groups excluding carboxylic acids is 1. The highest BCUT2D eigenvalue weighted by Crippen LogP contribution is 2.37. The molecule has 28 heavy (non-hydrogen) atoms. The molecule has 1 aliphatic carbocycles. The molecule has 1 saturated heterocycles. The molecule has 0 spiro atoms. The zero-order valence-corrected chi connectivity index (χ0v) is 16.5. The maximum atomic E-state index is 14.1. The number of hydrogen-bond acceptors (Lipinski definition) is 4. The van der Waals surface area contributed by atoms with Gasteiger partial charge < -0.3 is 16.0 Å². The zero-order valence-electron chi connectivity index (χ0n) is 16.5. The molecular formula is C22H27FN4O. The molecule has 1 saturated carbocycles. The number of pyridine rings is 1. The minimum absolute atomic E-state index is 0.130. The summed E-state index contributed by atoms with van der Waals surface area (Å²) in [7, 11) is 0. The van der Waals surface area contributed by atoms with Crippen LogP contribution >= 0.6 is 0 Å². The fourth-order valence-corrected chi connectivity index (χ4v) is 3.89. The Bertz CT molecular complexity index is 887. The second kappa shape index (κ2) is 7.17. The van der Waals surface area contributed by atoms with Crippen LogP contribution < -0.4 is 16.0 Å². The van der Waals surface area contributed by atoms with Crippen LogP contribution in [0.15, 0.2) is 30.6 Å². The van der Waals surface area contributed by atoms with Crippen molar-refractivity contribution in [1.29, 1.82) is 0 Å². The highest BCUT2D eigenvalue weighted by molar-refractivity contribution is 6.03. The normalized spacial score (nSPS) is 21.8. The van der Waals surface area contributed by atoms with Gasteiger partial charge in [-0.1, -0.05) is 6.07 Å². The molecule has 1 amide bonds. The van der Waals surface area contributed by atoms with Gasteiger partial charge in [-0.15, -0.1) is 0 Å². The Labute approximate surface area is 165 Å². The molecule has 1 atom stereocenters. The van der Waals surface area contributed by atoms with Crippen LogP contribution in [0.5, 0.6) is 0 Å². The fraction of sp³-hybridized carbons (Fsp3) is 0.455. The maximum Gasteiger partial charge on any atom is 0.254 e. The first-order valence-corrected chi connectivity index (χ1v) is 9.90. The van der Waals surface area contributed by atoms with Crippen LogP contribution in [0.1, 0.15) is 42.1 Å². The van der Waals surface area contributed by atoms with Gasteiger partial charge in [0.25, 0.3) is 5.91 Å². The van der Waals surface area contributed by atoms with Crippen LogP contribution in [-0.4, -0.2) is 36.1 Å². The van der Waals surface area contributed by atoms with E-state index >= 15 is 0 Å². The van der Waals surface area contributed by atoms with Gasteiger partial charge in [-0.3, -0.25) is 9.78 Å². The van der Waals surface area contributed by atoms with E-state index in [9.17, 15) is 9.18 Å². The van der Waals surface area contributed by atoms with E-state index in [1.807, 2.05) is 19.9 Å². The summed E-state index contributed by atoms with van der Waals surface area (Å²) in [6.45, 7) is 5.96. The Kier molecular flexibility index (Phi) is 4.83. The number of benzene rings is 1. The zero-order chi connectivity index (χ0) is 19.9. The summed E-state index contributed by atoms with van der Waals surface area (Å²) in [5, 5.41) is 3.04. The molecule has 5 nitrogen and oxygen atoms in total. The number of nitrogens with zero attached hydrogens (tertiary/aromatic N) is 2. The molecule has 0 unspecified atom stereocenters. The van der Waals surface area contributed by atoms with Crippen molar-refractivity contribution in [2.75, 3.05) is 24.5 Å². The van der Waals surface area contributed by atoms with Crippen molar-refractivity contribution in [3.05, 3.63) is 47.5 Å². The lowest BCUT2D eigenvalue weighted by Crippen LogP contribution is -2.39. The van der Waals surface area contributed by atoms with E-state index in [2.05, 4.69) is 15.2 Å². The first-order valence-electron chi connectivity index (χ1n) is 9.90. The molecule has 1 aliphatic heterocycles. The summed E-state index contributed by atoms with van der Waals surface area (Å²) in [4.78, 5) is 19.4. The number of aromatic nitrogens is 1. The van der Waals surface area contributed by atoms with E-state index in [0.29, 0.717) is 24.6 Å². The molecule has 0 bridgehead atoms. The van der Waals surface area contributed by atoms with Gasteiger partial charge in [0.05, 0.1) is 11.3 Å². The van der Waals surface area contributed by atoms with E-state index in [0.717, 1.165) is 35.3 Å². The minimum Gasteiger partial charge on any atom is -0.368 e. The Morgan fingerprint density at radius 1 is 1.36 bits per heavy atom. The van der Waals surface area contributed by atoms with E-state index in [1.54, 1.807) is 12.4 Å². The number of hydrogen-bond donors (Lipinski definition) is 2. The van der Waals surface area contributed by atoms with Crippen LogP contribution in [0.2, 0.25) is 0 Å². The smallest absolute Gasteiger partial charge is 0.254 e. The summed E-state index contributed by atoms with van der Waals surface area (Å²) in [6.07, 6.45) is 6.50. The van der Waals surface area contributed by atoms with Gasteiger partial charge >= 0.3 is 0 Å². The van der Waals surface area contributed by atoms with Crippen molar-refractivity contribution in [2.24, 2.45) is 11.7 Å². The lowest BCUT2D eigenvalue weighted by molar-refractivity contribution is 0.0952. The summed E-state index contributed by atoms with van der Waals surface area (Å²) in [5.41, 5.74) is 9.67. The monoisotopic (exact) mass is 382 g/mol. The Morgan fingerprint density at radius 3 is 2.79 bits per heavy atom. The summed E-state index contributed by atoms with van der Waals surface area (Å²) >= 11 is 0. The predicted molar refractivity (Wildman–Crippen MR) is 109 cm³/mol. The second-order valence-electron chi connectivity index (χ2n) is 8.58. The minimum atomic E-state index is -0.319. The number of rotatable bonds is 5. The van der Waals surface area contributed by atoms with Crippen molar-refractivity contribution in [2.45, 2.75) is 38.6 Å². The summed E-state index contributed by atoms with van der Waals surface area (Å²) in [5.74, 6) is 0.165. The van der Waals surface area contributed by atoms with Gasteiger partial charge in [0.2, 0.25) is 0 Å². The number of amides is 1. The average Bonchev–Trinajstić information content (AvgIpc) is 3.40. The van der Waals surface area contributed by atoms with E-state index in [4.69, 9.17) is 5.73 Å². The van der Waals surface area contributed by atoms with Gasteiger partial charge in [0.15, 0.2) is 0 Å². The summed E-state index contributed by atoms with van der Waals surface area (Å²) < 4.78 is 14.1. The largest absolute Gasteiger partial charge is 0.368 e. The molecule has 2 aromatic rings. The van der Waals surface area contributed by atoms with Gasteiger partial charge in [0.1, 0.15) is 5.82 Å². The van der Waals surface area contributed by atoms with Gasteiger partial charge in [0, 0.05) is 43.1 Å². The van der Waals surface area contributed by atoms with Crippen molar-refractivity contribution in [3.8, 4) is 11.1 Å². The standard InChI is InChI=1S/C22H27FN4O/c1-14-7-16(9-17(23)8-14)18-11-25-12-19(21(28)26-10-15-3-4-15)20(18)27-6-5-22(2,24)13-27/h7-9,11-12,15H,3-6,10,13,24H2,1-2H3,(H,26,28)/t22-/m0/s1. The number of aryl methyl sites for hydroxylation is 1. The van der Waals surface area contributed by atoms with E-state index in [1.165, 1.54) is 25.0 Å². The highest BCUT2D eigenvalue weighted by atomic mass is 19.1. The first-order chi connectivity index (χ1) is 13.3. The third kappa shape index (κ3) is 4.02. The van der Waals surface area contributed by atoms with Gasteiger partial charge in [-0.05, 0) is 62.3 Å². The van der Waals surface area contributed by atoms with Crippen LogP contribution in [0.3, 0.4) is 0 Å². The average molecular weight is 382 g/mol.